The topological polar surface area (TPSA) is 22.1 Å². The van der Waals surface area contributed by atoms with Crippen LogP contribution >= 0.6 is 15.9 Å². The van der Waals surface area contributed by atoms with E-state index in [1.807, 2.05) is 0 Å². The van der Waals surface area contributed by atoms with Gasteiger partial charge in [-0.15, -0.1) is 0 Å². The van der Waals surface area contributed by atoms with Crippen molar-refractivity contribution in [1.82, 2.24) is 4.98 Å². The van der Waals surface area contributed by atoms with Crippen LogP contribution in [0.4, 0.5) is 0 Å². The highest BCUT2D eigenvalue weighted by Crippen LogP contribution is 2.14. The van der Waals surface area contributed by atoms with Crippen LogP contribution < -0.4 is 4.74 Å². The monoisotopic (exact) mass is 222 g/mol. The molecule has 1 heterocycles. The molecule has 11 heavy (non-hydrogen) atoms. The first-order chi connectivity index (χ1) is 7.97. The van der Waals surface area contributed by atoms with Gasteiger partial charge in [-0.2, -0.15) is 0 Å². The number of aromatic nitrogens is 1. The summed E-state index contributed by atoms with van der Waals surface area (Å²) in [6.07, 6.45) is -1.84. The number of hydrogen-bond donors (Lipinski definition) is 0. The Hall–Kier alpha value is -0.570. The molecule has 1 aromatic heterocycles. The summed E-state index contributed by atoms with van der Waals surface area (Å²) in [5.41, 5.74) is 0. The first-order valence-electron chi connectivity index (χ1n) is 6.28. The van der Waals surface area contributed by atoms with E-state index in [-0.39, 0.29) is 5.88 Å². The van der Waals surface area contributed by atoms with Crippen molar-refractivity contribution in [3.8, 4) is 5.88 Å². The third-order valence-corrected chi connectivity index (χ3v) is 1.40. The molecule has 1 rings (SSSR count). The third kappa shape index (κ3) is 2.89. The van der Waals surface area contributed by atoms with Gasteiger partial charge < -0.3 is 4.74 Å². The van der Waals surface area contributed by atoms with Crippen LogP contribution in [0.2, 0.25) is 0 Å². The molecule has 0 radical (unpaired) electrons. The second kappa shape index (κ2) is 4.34. The molecule has 0 spiro atoms. The molecule has 60 valence electrons. The molecule has 0 fully saturated rings. The van der Waals surface area contributed by atoms with E-state index in [0.29, 0.717) is 4.47 Å². The van der Waals surface area contributed by atoms with E-state index >= 15 is 0 Å². The summed E-state index contributed by atoms with van der Waals surface area (Å²) in [5.74, 6) is -0.206. The molecule has 1 aromatic rings. The Morgan fingerprint density at radius 2 is 2.82 bits per heavy atom. The van der Waals surface area contributed by atoms with Crippen LogP contribution in [-0.4, -0.2) is 11.5 Å². The van der Waals surface area contributed by atoms with Crippen molar-refractivity contribution in [3.05, 3.63) is 22.8 Å². The molecule has 0 aliphatic rings. The molecule has 2 nitrogen and oxygen atoms in total. The largest absolute Gasteiger partial charge is 0.478 e. The third-order valence-electron chi connectivity index (χ3n) is 0.904. The van der Waals surface area contributed by atoms with Gasteiger partial charge in [-0.05, 0) is 12.4 Å². The van der Waals surface area contributed by atoms with Crippen LogP contribution in [0.1, 0.15) is 22.8 Å². The zero-order valence-electron chi connectivity index (χ0n) is 12.5. The lowest BCUT2D eigenvalue weighted by Gasteiger charge is -2.01. The molecule has 0 saturated heterocycles. The van der Waals surface area contributed by atoms with Crippen LogP contribution in [0, 0.1) is 0 Å². The number of ether oxygens (including phenoxy) is 1. The zero-order chi connectivity index (χ0) is 14.2. The van der Waals surface area contributed by atoms with Crippen molar-refractivity contribution in [2.45, 2.75) is 13.2 Å². The molecule has 3 heteroatoms. The predicted molar refractivity (Wildman–Crippen MR) is 47.7 cm³/mol. The fourth-order valence-corrected chi connectivity index (χ4v) is 0.833. The minimum absolute atomic E-state index is 0.206. The number of halogens is 1. The van der Waals surface area contributed by atoms with E-state index in [9.17, 15) is 0 Å². The first kappa shape index (κ1) is 3.05. The minimum atomic E-state index is -3.16. The van der Waals surface area contributed by atoms with Crippen LogP contribution in [0.3, 0.4) is 0 Å². The minimum Gasteiger partial charge on any atom is -0.478 e. The van der Waals surface area contributed by atoms with Gasteiger partial charge in [-0.25, -0.2) is 4.98 Å². The fourth-order valence-electron chi connectivity index (χ4n) is 0.519. The molecule has 0 atom stereocenters. The molecule has 0 amide bonds. The summed E-state index contributed by atoms with van der Waals surface area (Å²) in [4.78, 5) is 3.68. The number of nitrogens with zero attached hydrogens (tertiary/aromatic N) is 1. The van der Waals surface area contributed by atoms with Crippen molar-refractivity contribution in [3.63, 3.8) is 0 Å². The highest BCUT2D eigenvalue weighted by atomic mass is 79.9. The standard InChI is InChI=1S/C8H10BrNO/c1-2-5-11-8-6-7(9)3-4-10-8/h3-4,6H,2,5H2,1H3/i1D3,2D2,5D2. The van der Waals surface area contributed by atoms with E-state index in [2.05, 4.69) is 20.9 Å². The summed E-state index contributed by atoms with van der Waals surface area (Å²) >= 11 is 3.11. The summed E-state index contributed by atoms with van der Waals surface area (Å²) in [6, 6.07) is 2.88. The highest BCUT2D eigenvalue weighted by Gasteiger charge is 1.93. The number of pyridine rings is 1. The van der Waals surface area contributed by atoms with E-state index < -0.39 is 19.8 Å². The van der Waals surface area contributed by atoms with Gasteiger partial charge in [0.25, 0.3) is 0 Å². The van der Waals surface area contributed by atoms with Crippen molar-refractivity contribution >= 4 is 15.9 Å². The smallest absolute Gasteiger partial charge is 0.214 e. The number of rotatable bonds is 3. The second-order valence-electron chi connectivity index (χ2n) is 1.64. The molecule has 0 unspecified atom stereocenters. The molecular formula is C8H10BrNO. The lowest BCUT2D eigenvalue weighted by atomic mass is 10.5. The van der Waals surface area contributed by atoms with Crippen molar-refractivity contribution in [2.75, 3.05) is 6.56 Å². The van der Waals surface area contributed by atoms with E-state index in [1.165, 1.54) is 12.3 Å². The first-order valence-corrected chi connectivity index (χ1v) is 3.57. The quantitative estimate of drug-likeness (QED) is 0.785. The van der Waals surface area contributed by atoms with Crippen LogP contribution in [-0.2, 0) is 0 Å². The van der Waals surface area contributed by atoms with Gasteiger partial charge in [0.05, 0.1) is 9.30 Å². The lowest BCUT2D eigenvalue weighted by molar-refractivity contribution is 0.305. The van der Waals surface area contributed by atoms with Gasteiger partial charge in [0.2, 0.25) is 5.88 Å². The van der Waals surface area contributed by atoms with Gasteiger partial charge in [-0.3, -0.25) is 0 Å². The van der Waals surface area contributed by atoms with Gasteiger partial charge in [0.15, 0.2) is 0 Å². The summed E-state index contributed by atoms with van der Waals surface area (Å²) in [6.45, 7) is -6.19. The number of hydrogen-bond acceptors (Lipinski definition) is 2. The lowest BCUT2D eigenvalue weighted by Crippen LogP contribution is -1.96. The normalized spacial score (nSPS) is 22.8. The molecule has 0 aliphatic heterocycles. The highest BCUT2D eigenvalue weighted by molar-refractivity contribution is 9.10. The van der Waals surface area contributed by atoms with Gasteiger partial charge in [0, 0.05) is 23.6 Å². The predicted octanol–water partition coefficient (Wildman–Crippen LogP) is 2.63. The molecule has 0 aliphatic carbocycles. The summed E-state index contributed by atoms with van der Waals surface area (Å²) < 4.78 is 55.9. The maximum Gasteiger partial charge on any atom is 0.214 e. The average molecular weight is 223 g/mol. The molecule has 0 N–H and O–H groups in total. The molecule has 0 aromatic carbocycles. The Morgan fingerprint density at radius 1 is 1.91 bits per heavy atom. The van der Waals surface area contributed by atoms with Gasteiger partial charge in [0.1, 0.15) is 0 Å². The molecular weight excluding hydrogens is 206 g/mol. The van der Waals surface area contributed by atoms with Crippen LogP contribution in [0.5, 0.6) is 5.88 Å². The Balaban J connectivity index is 3.01. The van der Waals surface area contributed by atoms with Crippen molar-refractivity contribution in [1.29, 1.82) is 0 Å². The van der Waals surface area contributed by atoms with Crippen molar-refractivity contribution in [2.24, 2.45) is 0 Å². The van der Waals surface area contributed by atoms with Gasteiger partial charge >= 0.3 is 0 Å². The zero-order valence-corrected chi connectivity index (χ0v) is 7.05. The van der Waals surface area contributed by atoms with Crippen LogP contribution in [0.15, 0.2) is 22.8 Å². The fraction of sp³-hybridized carbons (Fsp3) is 0.375. The van der Waals surface area contributed by atoms with E-state index in [4.69, 9.17) is 14.3 Å². The maximum atomic E-state index is 7.45. The Morgan fingerprint density at radius 3 is 3.55 bits per heavy atom. The van der Waals surface area contributed by atoms with Crippen molar-refractivity contribution < 1.29 is 14.3 Å². The average Bonchev–Trinajstić information content (AvgIpc) is 2.14. The molecule has 0 bridgehead atoms. The Kier molecular flexibility index (Phi) is 1.20. The SMILES string of the molecule is [2H]C([2H])([2H])C([2H])([2H])C([2H])([2H])Oc1cc(Br)ccn1. The van der Waals surface area contributed by atoms with E-state index in [0.717, 1.165) is 0 Å². The Labute approximate surface area is 84.6 Å². The summed E-state index contributed by atoms with van der Waals surface area (Å²) in [7, 11) is 0. The van der Waals surface area contributed by atoms with Crippen LogP contribution in [0.25, 0.3) is 0 Å². The molecule has 0 saturated carbocycles. The summed E-state index contributed by atoms with van der Waals surface area (Å²) in [5, 5.41) is 0. The Bertz CT molecular complexity index is 434. The van der Waals surface area contributed by atoms with Gasteiger partial charge in [-0.1, -0.05) is 22.8 Å². The second-order valence-corrected chi connectivity index (χ2v) is 2.56. The maximum absolute atomic E-state index is 7.45. The van der Waals surface area contributed by atoms with E-state index in [1.54, 1.807) is 6.07 Å².